The number of fused-ring (bicyclic) bond motifs is 4. The minimum atomic E-state index is 0. The Kier molecular flexibility index (Phi) is 17.1. The Labute approximate surface area is 472 Å². The molecule has 4 aliphatic heterocycles. The van der Waals surface area contributed by atoms with Crippen molar-refractivity contribution >= 4 is 79.9 Å². The second-order valence-electron chi connectivity index (χ2n) is 17.0. The predicted octanol–water partition coefficient (Wildman–Crippen LogP) is 13.8. The molecule has 0 unspecified atom stereocenters. The van der Waals surface area contributed by atoms with Gasteiger partial charge >= 0.3 is 0 Å². The van der Waals surface area contributed by atoms with E-state index in [1.165, 1.54) is 22.7 Å². The molecule has 12 nitrogen and oxygen atoms in total. The minimum absolute atomic E-state index is 0. The summed E-state index contributed by atoms with van der Waals surface area (Å²) in [6.07, 6.45) is 6.73. The van der Waals surface area contributed by atoms with Crippen LogP contribution in [0.4, 0.5) is 79.9 Å². The molecule has 0 saturated heterocycles. The van der Waals surface area contributed by atoms with Crippen LogP contribution in [0.1, 0.15) is 0 Å². The summed E-state index contributed by atoms with van der Waals surface area (Å²) in [4.78, 5) is 33.3. The summed E-state index contributed by atoms with van der Waals surface area (Å²) in [5, 5.41) is 0. The van der Waals surface area contributed by atoms with E-state index in [9.17, 15) is 0 Å². The molecular formula is C62H48Ir2N12-8. The van der Waals surface area contributed by atoms with Crippen molar-refractivity contribution in [3.8, 4) is 0 Å². The van der Waals surface area contributed by atoms with Crippen LogP contribution in [0.25, 0.3) is 0 Å². The fraction of sp³-hybridized carbons (Fsp3) is 0.0323. The largest absolute Gasteiger partial charge is 0.501 e. The molecule has 382 valence electrons. The second-order valence-corrected chi connectivity index (χ2v) is 17.0. The van der Waals surface area contributed by atoms with Crippen molar-refractivity contribution in [2.45, 2.75) is 0 Å². The van der Waals surface area contributed by atoms with Crippen molar-refractivity contribution in [2.75, 3.05) is 53.3 Å². The summed E-state index contributed by atoms with van der Waals surface area (Å²) < 4.78 is 0. The fourth-order valence-corrected chi connectivity index (χ4v) is 8.79. The number of anilines is 14. The number of rotatable bonds is 6. The zero-order valence-corrected chi connectivity index (χ0v) is 46.1. The molecule has 0 spiro atoms. The topological polar surface area (TPSA) is 77.5 Å². The molecule has 14 heteroatoms. The average Bonchev–Trinajstić information content (AvgIpc) is 4.27. The van der Waals surface area contributed by atoms with Crippen LogP contribution in [-0.4, -0.2) is 34.0 Å². The molecule has 4 aliphatic rings. The molecule has 2 radical (unpaired) electrons. The van der Waals surface area contributed by atoms with E-state index in [1.54, 1.807) is 12.7 Å². The third-order valence-corrected chi connectivity index (χ3v) is 12.3. The first-order chi connectivity index (χ1) is 36.6. The van der Waals surface area contributed by atoms with Gasteiger partial charge in [0.15, 0.2) is 0 Å². The van der Waals surface area contributed by atoms with Crippen LogP contribution < -0.4 is 39.2 Å². The van der Waals surface area contributed by atoms with Crippen molar-refractivity contribution in [3.63, 3.8) is 0 Å². The Bertz CT molecular complexity index is 3030. The molecule has 0 saturated carbocycles. The molecule has 0 fully saturated rings. The maximum atomic E-state index is 4.29. The number of benzene rings is 8. The molecule has 2 aromatic heterocycles. The molecular weight excluding hydrogens is 1300 g/mol. The number of hydrogen-bond acceptors (Lipinski definition) is 12. The van der Waals surface area contributed by atoms with Crippen LogP contribution in [0.2, 0.25) is 0 Å². The quantitative estimate of drug-likeness (QED) is 0.149. The van der Waals surface area contributed by atoms with Gasteiger partial charge in [-0.1, -0.05) is 60.7 Å². The normalized spacial score (nSPS) is 13.3. The van der Waals surface area contributed by atoms with Gasteiger partial charge in [-0.15, -0.1) is 36.1 Å². The van der Waals surface area contributed by atoms with Gasteiger partial charge in [-0.05, 0) is 62.6 Å². The van der Waals surface area contributed by atoms with Crippen LogP contribution in [0.15, 0.2) is 231 Å². The molecule has 0 amide bonds. The van der Waals surface area contributed by atoms with Gasteiger partial charge in [0.1, 0.15) is 24.3 Å². The molecule has 6 heterocycles. The summed E-state index contributed by atoms with van der Waals surface area (Å²) in [6.45, 7) is 8.19. The van der Waals surface area contributed by atoms with E-state index < -0.39 is 0 Å². The number of para-hydroxylation sites is 10. The molecule has 76 heavy (non-hydrogen) atoms. The van der Waals surface area contributed by atoms with Crippen LogP contribution in [0, 0.1) is 50.9 Å². The SMILES string of the molecule is CN1[CH-]N(c2[c-]cccc2)c2cncnc21.CN1[CH-]N(c2[c-]cccc2)c2ncncc21.[Ir].[Ir].[c-]1ccccc1N1[CH-]N(c2ccccc2)c2ccccc21.[c-]1ccccc1N1[CH-]N(c2ccccc2)c2ccccc21. The summed E-state index contributed by atoms with van der Waals surface area (Å²) in [7, 11) is 3.94. The van der Waals surface area contributed by atoms with Crippen molar-refractivity contribution in [1.29, 1.82) is 0 Å². The van der Waals surface area contributed by atoms with Gasteiger partial charge in [-0.2, -0.15) is 135 Å². The summed E-state index contributed by atoms with van der Waals surface area (Å²) in [5.74, 6) is 1.80. The Morgan fingerprint density at radius 1 is 0.316 bits per heavy atom. The van der Waals surface area contributed by atoms with Gasteiger partial charge in [0.25, 0.3) is 0 Å². The van der Waals surface area contributed by atoms with E-state index in [4.69, 9.17) is 0 Å². The van der Waals surface area contributed by atoms with Crippen LogP contribution in [-0.2, 0) is 40.2 Å². The van der Waals surface area contributed by atoms with E-state index in [-0.39, 0.29) is 40.2 Å². The Morgan fingerprint density at radius 2 is 0.658 bits per heavy atom. The number of nitrogens with zero attached hydrogens (tertiary/aromatic N) is 12. The molecule has 10 aromatic rings. The maximum absolute atomic E-state index is 4.29. The van der Waals surface area contributed by atoms with Gasteiger partial charge in [-0.3, -0.25) is 0 Å². The molecule has 0 atom stereocenters. The van der Waals surface area contributed by atoms with Gasteiger partial charge in [0, 0.05) is 74.3 Å². The van der Waals surface area contributed by atoms with Crippen LogP contribution in [0.5, 0.6) is 0 Å². The summed E-state index contributed by atoms with van der Waals surface area (Å²) >= 11 is 0. The number of aromatic nitrogens is 4. The van der Waals surface area contributed by atoms with E-state index in [0.29, 0.717) is 0 Å². The van der Waals surface area contributed by atoms with Crippen LogP contribution >= 0.6 is 0 Å². The Morgan fingerprint density at radius 3 is 1.08 bits per heavy atom. The third-order valence-electron chi connectivity index (χ3n) is 12.3. The van der Waals surface area contributed by atoms with Crippen molar-refractivity contribution in [3.05, 3.63) is 282 Å². The Hall–Kier alpha value is -8.38. The zero-order valence-electron chi connectivity index (χ0n) is 41.3. The van der Waals surface area contributed by atoms with Gasteiger partial charge in [0.2, 0.25) is 0 Å². The smallest absolute Gasteiger partial charge is 0.128 e. The second kappa shape index (κ2) is 24.8. The summed E-state index contributed by atoms with van der Waals surface area (Å²) in [5.41, 5.74) is 13.1. The van der Waals surface area contributed by atoms with E-state index in [0.717, 1.165) is 57.1 Å². The first kappa shape index (κ1) is 52.5. The summed E-state index contributed by atoms with van der Waals surface area (Å²) in [6, 6.07) is 82.3. The minimum Gasteiger partial charge on any atom is -0.501 e. The van der Waals surface area contributed by atoms with E-state index in [1.807, 2.05) is 156 Å². The molecule has 0 N–H and O–H groups in total. The number of hydrogen-bond donors (Lipinski definition) is 0. The molecule has 14 rings (SSSR count). The maximum Gasteiger partial charge on any atom is 0.128 e. The first-order valence-corrected chi connectivity index (χ1v) is 23.9. The van der Waals surface area contributed by atoms with Crippen LogP contribution in [0.3, 0.4) is 0 Å². The fourth-order valence-electron chi connectivity index (χ4n) is 8.79. The monoisotopic (exact) mass is 1350 g/mol. The van der Waals surface area contributed by atoms with Gasteiger partial charge in [-0.25, -0.2) is 19.9 Å². The van der Waals surface area contributed by atoms with Crippen molar-refractivity contribution in [2.24, 2.45) is 0 Å². The van der Waals surface area contributed by atoms with Crippen molar-refractivity contribution in [1.82, 2.24) is 19.9 Å². The molecule has 0 bridgehead atoms. The van der Waals surface area contributed by atoms with Gasteiger partial charge in [0.05, 0.1) is 23.8 Å². The standard InChI is InChI=1S/2C19H14N2.2C12H10N4.2Ir/c2*1-3-9-16(10-4-1)20-15-21(17-11-5-2-6-12-17)19-14-8-7-13-18(19)20;1-15-9-16(10-5-3-2-4-6-10)11-7-13-8-14-12(11)15;1-15-9-16(10-5-3-2-4-6-10)12-11(15)7-13-8-14-12;;/h2*1-11,13-15H;2*2-5,7-9H,1H3;;/q4*-2;;. The average molecular weight is 1350 g/mol. The predicted molar refractivity (Wildman–Crippen MR) is 298 cm³/mol. The van der Waals surface area contributed by atoms with Gasteiger partial charge < -0.3 is 39.2 Å². The van der Waals surface area contributed by atoms with E-state index >= 15 is 0 Å². The Balaban J connectivity index is 0.000000124. The first-order valence-electron chi connectivity index (χ1n) is 23.9. The van der Waals surface area contributed by atoms with Crippen molar-refractivity contribution < 1.29 is 40.2 Å². The molecule has 8 aromatic carbocycles. The third kappa shape index (κ3) is 11.3. The zero-order chi connectivity index (χ0) is 50.1. The molecule has 0 aliphatic carbocycles. The van der Waals surface area contributed by atoms with E-state index in [2.05, 4.69) is 186 Å².